The van der Waals surface area contributed by atoms with Crippen LogP contribution in [0.1, 0.15) is 123 Å². The average molecular weight is 773 g/mol. The molecule has 6 unspecified atom stereocenters. The van der Waals surface area contributed by atoms with Gasteiger partial charge in [-0.15, -0.1) is 0 Å². The van der Waals surface area contributed by atoms with Crippen molar-refractivity contribution in [3.05, 3.63) is 60.8 Å². The van der Waals surface area contributed by atoms with Gasteiger partial charge in [-0.05, 0) is 57.8 Å². The Labute approximate surface area is 318 Å². The Kier molecular flexibility index (Phi) is 29.6. The molecule has 0 aromatic carbocycles. The second-order valence-electron chi connectivity index (χ2n) is 13.1. The number of aliphatic hydroxyl groups is 3. The molecule has 1 fully saturated rings. The summed E-state index contributed by atoms with van der Waals surface area (Å²) in [7, 11) is -5.06. The van der Waals surface area contributed by atoms with E-state index in [-0.39, 0.29) is 19.6 Å². The topological polar surface area (TPSA) is 178 Å². The molecule has 0 aromatic heterocycles. The zero-order chi connectivity index (χ0) is 39.0. The van der Waals surface area contributed by atoms with Crippen LogP contribution in [0.4, 0.5) is 0 Å². The first-order valence-electron chi connectivity index (χ1n) is 19.5. The van der Waals surface area contributed by atoms with Gasteiger partial charge in [-0.25, -0.2) is 4.18 Å². The smallest absolute Gasteiger partial charge is 0.397 e. The van der Waals surface area contributed by atoms with Crippen molar-refractivity contribution in [2.24, 2.45) is 0 Å². The van der Waals surface area contributed by atoms with Gasteiger partial charge in [0.2, 0.25) is 0 Å². The summed E-state index contributed by atoms with van der Waals surface area (Å²) in [4.78, 5) is 12.7. The first-order chi connectivity index (χ1) is 25.6. The fraction of sp³-hybridized carbons (Fsp3) is 0.725. The minimum absolute atomic E-state index is 0.00462. The number of rotatable bonds is 32. The van der Waals surface area contributed by atoms with Gasteiger partial charge < -0.3 is 34.3 Å². The van der Waals surface area contributed by atoms with E-state index in [9.17, 15) is 28.5 Å². The number of unbranched alkanes of at least 4 members (excludes halogenated alkanes) is 9. The summed E-state index contributed by atoms with van der Waals surface area (Å²) >= 11 is 0. The molecule has 12 nitrogen and oxygen atoms in total. The molecule has 6 atom stereocenters. The van der Waals surface area contributed by atoms with Crippen LogP contribution in [0.5, 0.6) is 0 Å². The monoisotopic (exact) mass is 772 g/mol. The van der Waals surface area contributed by atoms with Crippen molar-refractivity contribution in [3.8, 4) is 0 Å². The summed E-state index contributed by atoms with van der Waals surface area (Å²) in [6.45, 7) is 3.69. The highest BCUT2D eigenvalue weighted by atomic mass is 32.3. The first kappa shape index (κ1) is 48.8. The average Bonchev–Trinajstić information content (AvgIpc) is 3.12. The molecule has 0 spiro atoms. The molecule has 0 radical (unpaired) electrons. The Morgan fingerprint density at radius 3 is 1.87 bits per heavy atom. The van der Waals surface area contributed by atoms with Crippen molar-refractivity contribution in [2.75, 3.05) is 26.4 Å². The van der Waals surface area contributed by atoms with Crippen LogP contribution in [0.3, 0.4) is 0 Å². The van der Waals surface area contributed by atoms with E-state index < -0.39 is 59.8 Å². The van der Waals surface area contributed by atoms with Gasteiger partial charge in [-0.2, -0.15) is 8.42 Å². The van der Waals surface area contributed by atoms with Crippen LogP contribution >= 0.6 is 0 Å². The van der Waals surface area contributed by atoms with E-state index in [1.54, 1.807) is 0 Å². The van der Waals surface area contributed by atoms with Gasteiger partial charge in [0.1, 0.15) is 30.5 Å². The van der Waals surface area contributed by atoms with E-state index in [0.717, 1.165) is 70.6 Å². The maximum Gasteiger partial charge on any atom is 0.397 e. The van der Waals surface area contributed by atoms with Gasteiger partial charge in [0.05, 0.1) is 19.8 Å². The van der Waals surface area contributed by atoms with Crippen molar-refractivity contribution in [3.63, 3.8) is 0 Å². The Morgan fingerprint density at radius 2 is 1.30 bits per heavy atom. The SMILES string of the molecule is CC/C=C\C/C=C\C/C=C\C/C=C\C/C=C\CCCCOCC(COC1OC(CO)C(O)C(OS(=O)(=O)O)C1O)OC(=O)CCCCCCCCCC. The third kappa shape index (κ3) is 26.3. The predicted octanol–water partition coefficient (Wildman–Crippen LogP) is 7.01. The number of esters is 1. The van der Waals surface area contributed by atoms with Crippen LogP contribution in [0.15, 0.2) is 60.8 Å². The fourth-order valence-corrected chi connectivity index (χ4v) is 5.97. The maximum absolute atomic E-state index is 12.7. The molecular formula is C40H68O12S. The lowest BCUT2D eigenvalue weighted by Gasteiger charge is -2.41. The van der Waals surface area contributed by atoms with Crippen LogP contribution in [-0.4, -0.2) is 97.5 Å². The molecule has 0 saturated carbocycles. The summed E-state index contributed by atoms with van der Waals surface area (Å²) in [5.74, 6) is -0.423. The molecule has 0 aliphatic carbocycles. The molecular weight excluding hydrogens is 704 g/mol. The quantitative estimate of drug-likeness (QED) is 0.0238. The van der Waals surface area contributed by atoms with Crippen LogP contribution in [0, 0.1) is 0 Å². The van der Waals surface area contributed by atoms with Gasteiger partial charge in [-0.3, -0.25) is 9.35 Å². The molecule has 4 N–H and O–H groups in total. The van der Waals surface area contributed by atoms with E-state index >= 15 is 0 Å². The zero-order valence-corrected chi connectivity index (χ0v) is 32.9. The van der Waals surface area contributed by atoms with Crippen LogP contribution in [0.25, 0.3) is 0 Å². The summed E-state index contributed by atoms with van der Waals surface area (Å²) in [5, 5.41) is 30.5. The second kappa shape index (κ2) is 32.1. The molecule has 306 valence electrons. The van der Waals surface area contributed by atoms with Crippen molar-refractivity contribution in [1.82, 2.24) is 0 Å². The Bertz CT molecular complexity index is 1170. The van der Waals surface area contributed by atoms with Gasteiger partial charge in [0, 0.05) is 13.0 Å². The molecule has 13 heteroatoms. The minimum atomic E-state index is -5.06. The van der Waals surface area contributed by atoms with E-state index in [1.165, 1.54) is 25.7 Å². The molecule has 0 bridgehead atoms. The van der Waals surface area contributed by atoms with Gasteiger partial charge in [-0.1, -0.05) is 120 Å². The third-order valence-corrected chi connectivity index (χ3v) is 8.87. The van der Waals surface area contributed by atoms with E-state index in [2.05, 4.69) is 78.8 Å². The molecule has 1 rings (SSSR count). The predicted molar refractivity (Wildman–Crippen MR) is 206 cm³/mol. The molecule has 0 amide bonds. The maximum atomic E-state index is 12.7. The molecule has 53 heavy (non-hydrogen) atoms. The normalized spacial score (nSPS) is 22.0. The minimum Gasteiger partial charge on any atom is -0.457 e. The van der Waals surface area contributed by atoms with Gasteiger partial charge in [0.25, 0.3) is 0 Å². The van der Waals surface area contributed by atoms with Crippen molar-refractivity contribution < 1.29 is 56.2 Å². The highest BCUT2D eigenvalue weighted by molar-refractivity contribution is 7.80. The standard InChI is InChI=1S/C40H68O12S/c1-3-5-7-9-11-13-14-15-16-17-18-19-20-21-22-24-26-28-30-48-32-34(50-36(42)29-27-25-23-12-10-8-6-4-2)33-49-40-38(44)39(52-53(45,46)47)37(43)35(31-41)51-40/h5,7,11,13,15-16,18-19,21-22,34-35,37-41,43-44H,3-4,6,8-10,12,14,17,20,23-33H2,1-2H3,(H,45,46,47)/b7-5-,13-11-,16-15-,19-18-,22-21-. The molecule has 1 saturated heterocycles. The van der Waals surface area contributed by atoms with Crippen molar-refractivity contribution >= 4 is 16.4 Å². The lowest BCUT2D eigenvalue weighted by atomic mass is 9.99. The molecule has 1 heterocycles. The van der Waals surface area contributed by atoms with Gasteiger partial charge in [0.15, 0.2) is 6.29 Å². The molecule has 0 aromatic rings. The number of carbonyl (C=O) groups is 1. The number of ether oxygens (including phenoxy) is 4. The molecule has 1 aliphatic heterocycles. The number of hydrogen-bond donors (Lipinski definition) is 4. The van der Waals surface area contributed by atoms with Crippen molar-refractivity contribution in [2.45, 2.75) is 160 Å². The summed E-state index contributed by atoms with van der Waals surface area (Å²) in [5.41, 5.74) is 0. The lowest BCUT2D eigenvalue weighted by molar-refractivity contribution is -0.301. The number of aliphatic hydroxyl groups excluding tert-OH is 3. The number of hydrogen-bond acceptors (Lipinski definition) is 11. The highest BCUT2D eigenvalue weighted by Gasteiger charge is 2.48. The summed E-state index contributed by atoms with van der Waals surface area (Å²) in [6, 6.07) is 0. The zero-order valence-electron chi connectivity index (χ0n) is 32.0. The second-order valence-corrected chi connectivity index (χ2v) is 14.2. The van der Waals surface area contributed by atoms with E-state index in [1.807, 2.05) is 0 Å². The van der Waals surface area contributed by atoms with E-state index in [0.29, 0.717) is 13.0 Å². The number of allylic oxidation sites excluding steroid dienone is 10. The Morgan fingerprint density at radius 1 is 0.736 bits per heavy atom. The van der Waals surface area contributed by atoms with Gasteiger partial charge >= 0.3 is 16.4 Å². The Hall–Kier alpha value is -2.20. The fourth-order valence-electron chi connectivity index (χ4n) is 5.46. The van der Waals surface area contributed by atoms with E-state index in [4.69, 9.17) is 23.5 Å². The summed E-state index contributed by atoms with van der Waals surface area (Å²) in [6.07, 6.45) is 28.6. The van der Waals surface area contributed by atoms with Crippen molar-refractivity contribution in [1.29, 1.82) is 0 Å². The highest BCUT2D eigenvalue weighted by Crippen LogP contribution is 2.26. The number of carbonyl (C=O) groups excluding carboxylic acids is 1. The largest absolute Gasteiger partial charge is 0.457 e. The van der Waals surface area contributed by atoms with Crippen LogP contribution in [-0.2, 0) is 38.3 Å². The summed E-state index contributed by atoms with van der Waals surface area (Å²) < 4.78 is 58.6. The Balaban J connectivity index is 2.50. The lowest BCUT2D eigenvalue weighted by Crippen LogP contribution is -2.60. The molecule has 1 aliphatic rings. The first-order valence-corrected chi connectivity index (χ1v) is 20.9. The van der Waals surface area contributed by atoms with Crippen LogP contribution < -0.4 is 0 Å². The third-order valence-electron chi connectivity index (χ3n) is 8.40. The van der Waals surface area contributed by atoms with Crippen LogP contribution in [0.2, 0.25) is 0 Å².